The van der Waals surface area contributed by atoms with Crippen LogP contribution in [0.2, 0.25) is 0 Å². The van der Waals surface area contributed by atoms with Gasteiger partial charge in [-0.1, -0.05) is 6.07 Å². The fourth-order valence-corrected chi connectivity index (χ4v) is 2.83. The Labute approximate surface area is 161 Å². The van der Waals surface area contributed by atoms with Crippen LogP contribution in [0.3, 0.4) is 0 Å². The minimum Gasteiger partial charge on any atom is -0.444 e. The number of carbonyl (C=O) groups excluding carboxylic acids is 2. The van der Waals surface area contributed by atoms with E-state index in [2.05, 4.69) is 15.6 Å². The maximum atomic E-state index is 12.4. The lowest BCUT2D eigenvalue weighted by molar-refractivity contribution is 0.0479. The number of piperidine rings is 1. The highest BCUT2D eigenvalue weighted by Crippen LogP contribution is 2.13. The van der Waals surface area contributed by atoms with E-state index in [1.165, 1.54) is 0 Å². The molecule has 1 aromatic rings. The van der Waals surface area contributed by atoms with Crippen molar-refractivity contribution in [2.24, 2.45) is 0 Å². The molecule has 0 spiro atoms. The summed E-state index contributed by atoms with van der Waals surface area (Å²) in [5.74, 6) is 0.872. The zero-order valence-electron chi connectivity index (χ0n) is 16.9. The molecule has 1 aliphatic heterocycles. The minimum absolute atomic E-state index is 0.0969. The number of hydrogen-bond acceptors (Lipinski definition) is 5. The van der Waals surface area contributed by atoms with Gasteiger partial charge >= 0.3 is 12.1 Å². The van der Waals surface area contributed by atoms with Crippen LogP contribution in [0.15, 0.2) is 18.3 Å². The molecule has 2 rings (SSSR count). The predicted molar refractivity (Wildman–Crippen MR) is 105 cm³/mol. The average Bonchev–Trinajstić information content (AvgIpc) is 2.58. The molecule has 2 N–H and O–H groups in total. The summed E-state index contributed by atoms with van der Waals surface area (Å²) in [7, 11) is 3.86. The molecule has 0 bridgehead atoms. The molecule has 1 saturated heterocycles. The Balaban J connectivity index is 1.81. The van der Waals surface area contributed by atoms with Gasteiger partial charge in [-0.15, -0.1) is 0 Å². The number of amides is 3. The molecular formula is C19H31N5O3. The second-order valence-electron chi connectivity index (χ2n) is 8.01. The van der Waals surface area contributed by atoms with Gasteiger partial charge in [0.05, 0.1) is 0 Å². The molecule has 0 aromatic carbocycles. The van der Waals surface area contributed by atoms with Crippen LogP contribution >= 0.6 is 0 Å². The van der Waals surface area contributed by atoms with Crippen molar-refractivity contribution in [1.82, 2.24) is 20.5 Å². The highest BCUT2D eigenvalue weighted by molar-refractivity contribution is 5.74. The first kappa shape index (κ1) is 20.8. The van der Waals surface area contributed by atoms with E-state index in [1.807, 2.05) is 51.9 Å². The molecule has 8 heteroatoms. The third-order valence-corrected chi connectivity index (χ3v) is 4.14. The van der Waals surface area contributed by atoms with Gasteiger partial charge < -0.3 is 25.2 Å². The first-order valence-electron chi connectivity index (χ1n) is 9.28. The van der Waals surface area contributed by atoms with Crippen LogP contribution in [0.4, 0.5) is 15.4 Å². The van der Waals surface area contributed by atoms with Crippen molar-refractivity contribution in [2.45, 2.75) is 51.8 Å². The van der Waals surface area contributed by atoms with Crippen molar-refractivity contribution >= 4 is 17.9 Å². The second-order valence-corrected chi connectivity index (χ2v) is 8.01. The summed E-state index contributed by atoms with van der Waals surface area (Å²) in [6, 6.07) is 3.64. The zero-order valence-corrected chi connectivity index (χ0v) is 16.9. The van der Waals surface area contributed by atoms with E-state index in [0.717, 1.165) is 24.2 Å². The molecule has 3 amide bonds. The SMILES string of the molecule is CN(C)c1ccc(CNC(=O)N2CCCC(NC(=O)OC(C)(C)C)C2)cn1. The lowest BCUT2D eigenvalue weighted by atomic mass is 10.1. The van der Waals surface area contributed by atoms with Crippen LogP contribution in [-0.2, 0) is 11.3 Å². The lowest BCUT2D eigenvalue weighted by Crippen LogP contribution is -2.52. The Morgan fingerprint density at radius 1 is 1.33 bits per heavy atom. The highest BCUT2D eigenvalue weighted by atomic mass is 16.6. The van der Waals surface area contributed by atoms with Gasteiger partial charge in [-0.25, -0.2) is 14.6 Å². The summed E-state index contributed by atoms with van der Waals surface area (Å²) >= 11 is 0. The number of carbonyl (C=O) groups is 2. The molecule has 0 aliphatic carbocycles. The summed E-state index contributed by atoms with van der Waals surface area (Å²) in [6.07, 6.45) is 2.99. The lowest BCUT2D eigenvalue weighted by Gasteiger charge is -2.33. The Kier molecular flexibility index (Phi) is 6.87. The number of aromatic nitrogens is 1. The van der Waals surface area contributed by atoms with Crippen LogP contribution in [0, 0.1) is 0 Å². The van der Waals surface area contributed by atoms with E-state index >= 15 is 0 Å². The summed E-state index contributed by atoms with van der Waals surface area (Å²) in [5, 5.41) is 5.77. The maximum absolute atomic E-state index is 12.4. The standard InChI is InChI=1S/C19H31N5O3/c1-19(2,3)27-18(26)22-15-7-6-10-24(13-15)17(25)21-12-14-8-9-16(20-11-14)23(4)5/h8-9,11,15H,6-7,10,12-13H2,1-5H3,(H,21,25)(H,22,26). The molecule has 1 unspecified atom stereocenters. The number of urea groups is 1. The van der Waals surface area contributed by atoms with Crippen LogP contribution in [0.1, 0.15) is 39.2 Å². The quantitative estimate of drug-likeness (QED) is 0.841. The molecule has 1 aromatic heterocycles. The molecule has 0 saturated carbocycles. The van der Waals surface area contributed by atoms with Gasteiger partial charge in [-0.2, -0.15) is 0 Å². The fourth-order valence-electron chi connectivity index (χ4n) is 2.83. The predicted octanol–water partition coefficient (Wildman–Crippen LogP) is 2.35. The number of alkyl carbamates (subject to hydrolysis) is 1. The van der Waals surface area contributed by atoms with E-state index in [0.29, 0.717) is 19.6 Å². The second kappa shape index (κ2) is 8.92. The van der Waals surface area contributed by atoms with Gasteiger partial charge in [0.15, 0.2) is 0 Å². The van der Waals surface area contributed by atoms with E-state index < -0.39 is 11.7 Å². The van der Waals surface area contributed by atoms with Gasteiger partial charge in [-0.3, -0.25) is 0 Å². The van der Waals surface area contributed by atoms with E-state index in [1.54, 1.807) is 11.1 Å². The van der Waals surface area contributed by atoms with Gasteiger partial charge in [0.25, 0.3) is 0 Å². The summed E-state index contributed by atoms with van der Waals surface area (Å²) in [5.41, 5.74) is 0.404. The number of rotatable bonds is 4. The monoisotopic (exact) mass is 377 g/mol. The minimum atomic E-state index is -0.536. The summed E-state index contributed by atoms with van der Waals surface area (Å²) < 4.78 is 5.29. The Bertz CT molecular complexity index is 640. The Morgan fingerprint density at radius 3 is 2.67 bits per heavy atom. The van der Waals surface area contributed by atoms with Crippen LogP contribution in [0.25, 0.3) is 0 Å². The molecule has 0 radical (unpaired) electrons. The number of pyridine rings is 1. The Morgan fingerprint density at radius 2 is 2.07 bits per heavy atom. The topological polar surface area (TPSA) is 86.8 Å². The van der Waals surface area contributed by atoms with Crippen molar-refractivity contribution in [2.75, 3.05) is 32.1 Å². The zero-order chi connectivity index (χ0) is 20.0. The van der Waals surface area contributed by atoms with Crippen LogP contribution in [-0.4, -0.2) is 60.8 Å². The Hall–Kier alpha value is -2.51. The molecule has 8 nitrogen and oxygen atoms in total. The molecule has 1 atom stereocenters. The van der Waals surface area contributed by atoms with E-state index in [-0.39, 0.29) is 12.1 Å². The van der Waals surface area contributed by atoms with Crippen LogP contribution < -0.4 is 15.5 Å². The molecular weight excluding hydrogens is 346 g/mol. The van der Waals surface area contributed by atoms with Crippen molar-refractivity contribution in [3.05, 3.63) is 23.9 Å². The first-order valence-corrected chi connectivity index (χ1v) is 9.28. The number of hydrogen-bond donors (Lipinski definition) is 2. The smallest absolute Gasteiger partial charge is 0.407 e. The van der Waals surface area contributed by atoms with Gasteiger partial charge in [0.2, 0.25) is 0 Å². The third kappa shape index (κ3) is 6.96. The number of nitrogens with one attached hydrogen (secondary N) is 2. The number of ether oxygens (including phenoxy) is 1. The van der Waals surface area contributed by atoms with Gasteiger partial charge in [0.1, 0.15) is 11.4 Å². The van der Waals surface area contributed by atoms with Crippen molar-refractivity contribution in [1.29, 1.82) is 0 Å². The molecule has 1 fully saturated rings. The van der Waals surface area contributed by atoms with Crippen molar-refractivity contribution in [3.8, 4) is 0 Å². The number of anilines is 1. The number of likely N-dealkylation sites (tertiary alicyclic amines) is 1. The van der Waals surface area contributed by atoms with Gasteiger partial charge in [-0.05, 0) is 45.2 Å². The maximum Gasteiger partial charge on any atom is 0.407 e. The summed E-state index contributed by atoms with van der Waals surface area (Å²) in [6.45, 7) is 7.05. The van der Waals surface area contributed by atoms with E-state index in [9.17, 15) is 9.59 Å². The van der Waals surface area contributed by atoms with Crippen molar-refractivity contribution in [3.63, 3.8) is 0 Å². The average molecular weight is 377 g/mol. The normalized spacial score (nSPS) is 17.2. The highest BCUT2D eigenvalue weighted by Gasteiger charge is 2.26. The first-order chi connectivity index (χ1) is 12.6. The number of nitrogens with zero attached hydrogens (tertiary/aromatic N) is 3. The molecule has 1 aliphatic rings. The van der Waals surface area contributed by atoms with E-state index in [4.69, 9.17) is 4.74 Å². The largest absolute Gasteiger partial charge is 0.444 e. The molecule has 27 heavy (non-hydrogen) atoms. The molecule has 150 valence electrons. The van der Waals surface area contributed by atoms with Crippen LogP contribution in [0.5, 0.6) is 0 Å². The fraction of sp³-hybridized carbons (Fsp3) is 0.632. The third-order valence-electron chi connectivity index (χ3n) is 4.14. The van der Waals surface area contributed by atoms with Crippen molar-refractivity contribution < 1.29 is 14.3 Å². The van der Waals surface area contributed by atoms with Gasteiger partial charge in [0, 0.05) is 46.0 Å². The summed E-state index contributed by atoms with van der Waals surface area (Å²) in [4.78, 5) is 32.4. The molecule has 2 heterocycles.